The van der Waals surface area contributed by atoms with Crippen LogP contribution < -0.4 is 15.5 Å². The summed E-state index contributed by atoms with van der Waals surface area (Å²) in [5.41, 5.74) is 1.30. The number of rotatable bonds is 5. The van der Waals surface area contributed by atoms with Gasteiger partial charge < -0.3 is 15.5 Å². The average Bonchev–Trinajstić information content (AvgIpc) is 2.61. The highest BCUT2D eigenvalue weighted by molar-refractivity contribution is 14.0. The molecule has 1 unspecified atom stereocenters. The number of nitrogens with one attached hydrogen (secondary N) is 2. The first-order valence-corrected chi connectivity index (χ1v) is 10.4. The Labute approximate surface area is 177 Å². The number of para-hydroxylation sites is 1. The molecule has 2 N–H and O–H groups in total. The lowest BCUT2D eigenvalue weighted by Gasteiger charge is -2.34. The number of anilines is 1. The molecule has 7 heteroatoms. The number of aliphatic imine (C=N–C) groups is 1. The first-order chi connectivity index (χ1) is 11.9. The Hall–Kier alpha value is -0.830. The minimum absolute atomic E-state index is 0. The van der Waals surface area contributed by atoms with Gasteiger partial charge in [-0.2, -0.15) is 0 Å². The fraction of sp³-hybridized carbons (Fsp3) is 0.632. The van der Waals surface area contributed by atoms with Crippen molar-refractivity contribution in [2.75, 3.05) is 37.3 Å². The van der Waals surface area contributed by atoms with Crippen molar-refractivity contribution in [3.8, 4) is 0 Å². The highest BCUT2D eigenvalue weighted by atomic mass is 127. The summed E-state index contributed by atoms with van der Waals surface area (Å²) in [5, 5.41) is 6.80. The van der Waals surface area contributed by atoms with Crippen LogP contribution in [-0.2, 0) is 10.8 Å². The third kappa shape index (κ3) is 7.42. The van der Waals surface area contributed by atoms with E-state index < -0.39 is 10.8 Å². The third-order valence-electron chi connectivity index (χ3n) is 4.44. The number of hydrogen-bond donors (Lipinski definition) is 2. The first-order valence-electron chi connectivity index (χ1n) is 9.06. The van der Waals surface area contributed by atoms with Gasteiger partial charge in [-0.25, -0.2) is 0 Å². The van der Waals surface area contributed by atoms with Crippen molar-refractivity contribution in [3.05, 3.63) is 30.3 Å². The molecule has 1 atom stereocenters. The van der Waals surface area contributed by atoms with Crippen LogP contribution in [0.2, 0.25) is 0 Å². The summed E-state index contributed by atoms with van der Waals surface area (Å²) in [6, 6.07) is 11.0. The van der Waals surface area contributed by atoms with Crippen LogP contribution in [0.1, 0.15) is 33.6 Å². The maximum Gasteiger partial charge on any atom is 0.191 e. The summed E-state index contributed by atoms with van der Waals surface area (Å²) in [4.78, 5) is 6.73. The van der Waals surface area contributed by atoms with E-state index in [2.05, 4.69) is 50.9 Å². The van der Waals surface area contributed by atoms with Crippen LogP contribution in [0.3, 0.4) is 0 Å². The predicted octanol–water partition coefficient (Wildman–Crippen LogP) is 2.99. The first kappa shape index (κ1) is 23.2. The Morgan fingerprint density at radius 3 is 2.38 bits per heavy atom. The minimum Gasteiger partial charge on any atom is -0.371 e. The average molecular weight is 492 g/mol. The molecule has 1 aromatic rings. The van der Waals surface area contributed by atoms with E-state index in [0.717, 1.165) is 31.9 Å². The number of hydrogen-bond acceptors (Lipinski definition) is 3. The van der Waals surface area contributed by atoms with Gasteiger partial charge in [0.2, 0.25) is 0 Å². The van der Waals surface area contributed by atoms with Crippen LogP contribution in [0.5, 0.6) is 0 Å². The topological polar surface area (TPSA) is 56.7 Å². The normalized spacial score (nSPS) is 17.4. The van der Waals surface area contributed by atoms with Gasteiger partial charge in [0.15, 0.2) is 5.96 Å². The summed E-state index contributed by atoms with van der Waals surface area (Å²) in [7, 11) is 0.947. The van der Waals surface area contributed by atoms with Crippen LogP contribution in [0.25, 0.3) is 0 Å². The molecular formula is C19H33IN4OS. The van der Waals surface area contributed by atoms with Gasteiger partial charge in [-0.15, -0.1) is 24.0 Å². The minimum atomic E-state index is -0.840. The molecule has 0 amide bonds. The SMILES string of the molecule is CN=C(NCCS(=O)C(C)(C)C)NC1CCN(c2ccccc2)CC1.I. The smallest absolute Gasteiger partial charge is 0.191 e. The van der Waals surface area contributed by atoms with Crippen molar-refractivity contribution in [3.63, 3.8) is 0 Å². The van der Waals surface area contributed by atoms with Gasteiger partial charge >= 0.3 is 0 Å². The van der Waals surface area contributed by atoms with E-state index in [4.69, 9.17) is 0 Å². The lowest BCUT2D eigenvalue weighted by Crippen LogP contribution is -2.49. The van der Waals surface area contributed by atoms with Gasteiger partial charge in [-0.05, 0) is 45.7 Å². The standard InChI is InChI=1S/C19H32N4OS.HI/c1-19(2,3)25(24)15-12-21-18(20-4)22-16-10-13-23(14-11-16)17-8-6-5-7-9-17;/h5-9,16H,10-15H2,1-4H3,(H2,20,21,22);1H. The van der Waals surface area contributed by atoms with Crippen molar-refractivity contribution in [1.82, 2.24) is 10.6 Å². The van der Waals surface area contributed by atoms with Gasteiger partial charge in [-0.3, -0.25) is 9.20 Å². The van der Waals surface area contributed by atoms with Crippen molar-refractivity contribution in [2.45, 2.75) is 44.4 Å². The molecule has 1 aliphatic rings. The van der Waals surface area contributed by atoms with Crippen molar-refractivity contribution < 1.29 is 4.21 Å². The predicted molar refractivity (Wildman–Crippen MR) is 124 cm³/mol. The number of nitrogens with zero attached hydrogens (tertiary/aromatic N) is 2. The zero-order valence-electron chi connectivity index (χ0n) is 16.3. The zero-order valence-corrected chi connectivity index (χ0v) is 19.5. The molecule has 1 aliphatic heterocycles. The largest absolute Gasteiger partial charge is 0.371 e. The van der Waals surface area contributed by atoms with E-state index in [0.29, 0.717) is 18.3 Å². The van der Waals surface area contributed by atoms with Crippen LogP contribution in [0.4, 0.5) is 5.69 Å². The second kappa shape index (κ2) is 11.1. The molecule has 5 nitrogen and oxygen atoms in total. The van der Waals surface area contributed by atoms with Crippen LogP contribution in [0.15, 0.2) is 35.3 Å². The van der Waals surface area contributed by atoms with Gasteiger partial charge in [0.1, 0.15) is 0 Å². The van der Waals surface area contributed by atoms with Gasteiger partial charge in [0, 0.05) is 59.7 Å². The Morgan fingerprint density at radius 2 is 1.85 bits per heavy atom. The fourth-order valence-electron chi connectivity index (χ4n) is 2.88. The van der Waals surface area contributed by atoms with E-state index in [1.165, 1.54) is 5.69 Å². The zero-order chi connectivity index (χ0) is 18.3. The van der Waals surface area contributed by atoms with Crippen LogP contribution in [-0.4, -0.2) is 53.4 Å². The molecular weight excluding hydrogens is 459 g/mol. The number of guanidine groups is 1. The van der Waals surface area contributed by atoms with Crippen molar-refractivity contribution >= 4 is 46.4 Å². The van der Waals surface area contributed by atoms with E-state index in [-0.39, 0.29) is 28.7 Å². The fourth-order valence-corrected chi connectivity index (χ4v) is 3.78. The number of halogens is 1. The monoisotopic (exact) mass is 492 g/mol. The summed E-state index contributed by atoms with van der Waals surface area (Å²) < 4.78 is 11.9. The molecule has 1 fully saturated rings. The molecule has 0 spiro atoms. The van der Waals surface area contributed by atoms with Crippen LogP contribution in [0, 0.1) is 0 Å². The van der Waals surface area contributed by atoms with E-state index in [1.54, 1.807) is 7.05 Å². The van der Waals surface area contributed by atoms with Crippen molar-refractivity contribution in [2.24, 2.45) is 4.99 Å². The molecule has 0 aliphatic carbocycles. The highest BCUT2D eigenvalue weighted by Crippen LogP contribution is 2.19. The number of piperidine rings is 1. The molecule has 1 aromatic carbocycles. The van der Waals surface area contributed by atoms with Crippen molar-refractivity contribution in [1.29, 1.82) is 0 Å². The van der Waals surface area contributed by atoms with Gasteiger partial charge in [0.05, 0.1) is 0 Å². The Bertz CT molecular complexity index is 581. The highest BCUT2D eigenvalue weighted by Gasteiger charge is 2.21. The van der Waals surface area contributed by atoms with E-state index in [1.807, 2.05) is 20.8 Å². The van der Waals surface area contributed by atoms with E-state index >= 15 is 0 Å². The molecule has 148 valence electrons. The summed E-state index contributed by atoms with van der Waals surface area (Å²) >= 11 is 0. The Kier molecular flexibility index (Phi) is 9.92. The number of benzene rings is 1. The quantitative estimate of drug-likeness (QED) is 0.377. The molecule has 1 heterocycles. The molecule has 0 saturated carbocycles. The molecule has 0 bridgehead atoms. The maximum absolute atomic E-state index is 12.1. The molecule has 2 rings (SSSR count). The summed E-state index contributed by atoms with van der Waals surface area (Å²) in [6.07, 6.45) is 2.17. The van der Waals surface area contributed by atoms with E-state index in [9.17, 15) is 4.21 Å². The van der Waals surface area contributed by atoms with Crippen LogP contribution >= 0.6 is 24.0 Å². The Morgan fingerprint density at radius 1 is 1.23 bits per heavy atom. The third-order valence-corrected chi connectivity index (χ3v) is 6.38. The summed E-state index contributed by atoms with van der Waals surface area (Å²) in [5.74, 6) is 1.44. The lowest BCUT2D eigenvalue weighted by atomic mass is 10.0. The second-order valence-electron chi connectivity index (χ2n) is 7.40. The second-order valence-corrected chi connectivity index (χ2v) is 9.73. The lowest BCUT2D eigenvalue weighted by molar-refractivity contribution is 0.462. The molecule has 1 saturated heterocycles. The molecule has 0 aromatic heterocycles. The molecule has 0 radical (unpaired) electrons. The van der Waals surface area contributed by atoms with Gasteiger partial charge in [-0.1, -0.05) is 18.2 Å². The maximum atomic E-state index is 12.1. The Balaban J connectivity index is 0.00000338. The van der Waals surface area contributed by atoms with Gasteiger partial charge in [0.25, 0.3) is 0 Å². The molecule has 26 heavy (non-hydrogen) atoms. The summed E-state index contributed by atoms with van der Waals surface area (Å²) in [6.45, 7) is 8.80.